The maximum atomic E-state index is 11.0. The van der Waals surface area contributed by atoms with Crippen molar-refractivity contribution in [1.29, 1.82) is 0 Å². The fraction of sp³-hybridized carbons (Fsp3) is 0.231. The molecule has 2 aromatic rings. The summed E-state index contributed by atoms with van der Waals surface area (Å²) in [5.74, 6) is 0.901. The first-order valence-electron chi connectivity index (χ1n) is 5.93. The Balaban J connectivity index is 2.38. The van der Waals surface area contributed by atoms with E-state index >= 15 is 0 Å². The van der Waals surface area contributed by atoms with Crippen LogP contribution >= 0.6 is 27.7 Å². The lowest BCUT2D eigenvalue weighted by molar-refractivity contribution is -0.387. The summed E-state index contributed by atoms with van der Waals surface area (Å²) in [5, 5.41) is 11.7. The second-order valence-electron chi connectivity index (χ2n) is 4.37. The third kappa shape index (κ3) is 3.55. The quantitative estimate of drug-likeness (QED) is 0.462. The van der Waals surface area contributed by atoms with Gasteiger partial charge in [-0.25, -0.2) is 9.97 Å². The summed E-state index contributed by atoms with van der Waals surface area (Å²) in [4.78, 5) is 19.9. The summed E-state index contributed by atoms with van der Waals surface area (Å²) in [5.41, 5.74) is 0.0818. The molecule has 7 heteroatoms. The van der Waals surface area contributed by atoms with E-state index in [1.807, 2.05) is 13.8 Å². The Hall–Kier alpha value is -1.47. The van der Waals surface area contributed by atoms with Gasteiger partial charge in [0.1, 0.15) is 15.5 Å². The molecule has 0 aliphatic heterocycles. The summed E-state index contributed by atoms with van der Waals surface area (Å²) in [6.45, 7) is 4.00. The van der Waals surface area contributed by atoms with Gasteiger partial charge in [0.25, 0.3) is 5.69 Å². The van der Waals surface area contributed by atoms with E-state index < -0.39 is 0 Å². The third-order valence-corrected chi connectivity index (χ3v) is 3.87. The maximum Gasteiger partial charge on any atom is 0.283 e. The van der Waals surface area contributed by atoms with Crippen LogP contribution in [0.1, 0.15) is 25.6 Å². The van der Waals surface area contributed by atoms with Crippen molar-refractivity contribution < 1.29 is 4.92 Å². The lowest BCUT2D eigenvalue weighted by atomic mass is 10.2. The smallest absolute Gasteiger partial charge is 0.258 e. The largest absolute Gasteiger partial charge is 0.283 e. The predicted octanol–water partition coefficient (Wildman–Crippen LogP) is 4.42. The van der Waals surface area contributed by atoms with Crippen molar-refractivity contribution in [3.05, 3.63) is 50.9 Å². The van der Waals surface area contributed by atoms with E-state index in [-0.39, 0.29) is 16.5 Å². The number of rotatable bonds is 4. The first-order chi connectivity index (χ1) is 9.47. The number of benzene rings is 1. The average molecular weight is 354 g/mol. The second-order valence-corrected chi connectivity index (χ2v) is 6.24. The van der Waals surface area contributed by atoms with Crippen molar-refractivity contribution in [2.24, 2.45) is 0 Å². The highest BCUT2D eigenvalue weighted by Gasteiger charge is 2.15. The van der Waals surface area contributed by atoms with Crippen LogP contribution < -0.4 is 0 Å². The van der Waals surface area contributed by atoms with E-state index in [4.69, 9.17) is 0 Å². The molecule has 5 nitrogen and oxygen atoms in total. The molecule has 0 radical (unpaired) electrons. The number of hydrogen-bond acceptors (Lipinski definition) is 5. The van der Waals surface area contributed by atoms with E-state index in [1.165, 1.54) is 17.8 Å². The molecule has 0 N–H and O–H groups in total. The molecule has 20 heavy (non-hydrogen) atoms. The topological polar surface area (TPSA) is 68.9 Å². The summed E-state index contributed by atoms with van der Waals surface area (Å²) in [7, 11) is 0. The molecule has 0 bridgehead atoms. The van der Waals surface area contributed by atoms with E-state index in [0.717, 1.165) is 0 Å². The van der Waals surface area contributed by atoms with Gasteiger partial charge in [0.15, 0.2) is 0 Å². The van der Waals surface area contributed by atoms with E-state index in [9.17, 15) is 10.1 Å². The third-order valence-electron chi connectivity index (χ3n) is 2.48. The Morgan fingerprint density at radius 3 is 2.65 bits per heavy atom. The molecule has 104 valence electrons. The molecular formula is C13H12BrN3O2S. The van der Waals surface area contributed by atoms with Crippen LogP contribution in [0.5, 0.6) is 0 Å². The van der Waals surface area contributed by atoms with Gasteiger partial charge in [-0.15, -0.1) is 0 Å². The SMILES string of the molecule is CC(C)c1nc(Br)cc(Sc2ccccc2[N+](=O)[O-])n1. The van der Waals surface area contributed by atoms with Gasteiger partial charge in [0.05, 0.1) is 9.82 Å². The first-order valence-corrected chi connectivity index (χ1v) is 7.54. The Labute approximate surface area is 129 Å². The van der Waals surface area contributed by atoms with E-state index in [0.29, 0.717) is 20.3 Å². The van der Waals surface area contributed by atoms with Crippen molar-refractivity contribution in [3.63, 3.8) is 0 Å². The van der Waals surface area contributed by atoms with Crippen LogP contribution in [-0.2, 0) is 0 Å². The van der Waals surface area contributed by atoms with Crippen LogP contribution in [0.4, 0.5) is 5.69 Å². The van der Waals surface area contributed by atoms with Crippen LogP contribution in [0.3, 0.4) is 0 Å². The van der Waals surface area contributed by atoms with Gasteiger partial charge < -0.3 is 0 Å². The van der Waals surface area contributed by atoms with Gasteiger partial charge in [0, 0.05) is 18.1 Å². The zero-order chi connectivity index (χ0) is 14.7. The molecule has 1 aromatic heterocycles. The van der Waals surface area contributed by atoms with Gasteiger partial charge in [-0.05, 0) is 22.0 Å². The zero-order valence-electron chi connectivity index (χ0n) is 10.9. The molecule has 0 amide bonds. The number of para-hydroxylation sites is 1. The highest BCUT2D eigenvalue weighted by molar-refractivity contribution is 9.10. The molecular weight excluding hydrogens is 342 g/mol. The van der Waals surface area contributed by atoms with Crippen molar-refractivity contribution in [1.82, 2.24) is 9.97 Å². The molecule has 0 saturated heterocycles. The monoisotopic (exact) mass is 353 g/mol. The number of aromatic nitrogens is 2. The van der Waals surface area contributed by atoms with Crippen LogP contribution in [-0.4, -0.2) is 14.9 Å². The second kappa shape index (κ2) is 6.32. The lowest BCUT2D eigenvalue weighted by Crippen LogP contribution is -1.99. The van der Waals surface area contributed by atoms with Gasteiger partial charge in [0.2, 0.25) is 0 Å². The maximum absolute atomic E-state index is 11.0. The molecule has 0 atom stereocenters. The van der Waals surface area contributed by atoms with Crippen molar-refractivity contribution >= 4 is 33.4 Å². The molecule has 0 unspecified atom stereocenters. The van der Waals surface area contributed by atoms with E-state index in [2.05, 4.69) is 25.9 Å². The summed E-state index contributed by atoms with van der Waals surface area (Å²) < 4.78 is 0.678. The Morgan fingerprint density at radius 2 is 2.00 bits per heavy atom. The summed E-state index contributed by atoms with van der Waals surface area (Å²) in [6.07, 6.45) is 0. The molecule has 1 heterocycles. The molecule has 0 saturated carbocycles. The summed E-state index contributed by atoms with van der Waals surface area (Å²) in [6, 6.07) is 8.38. The fourth-order valence-corrected chi connectivity index (χ4v) is 3.01. The van der Waals surface area contributed by atoms with Crippen LogP contribution in [0.25, 0.3) is 0 Å². The highest BCUT2D eigenvalue weighted by atomic mass is 79.9. The highest BCUT2D eigenvalue weighted by Crippen LogP contribution is 2.34. The minimum absolute atomic E-state index is 0.0818. The number of nitro benzene ring substituents is 1. The number of nitro groups is 1. The summed E-state index contributed by atoms with van der Waals surface area (Å²) >= 11 is 4.61. The van der Waals surface area contributed by atoms with E-state index in [1.54, 1.807) is 24.3 Å². The molecule has 1 aromatic carbocycles. The van der Waals surface area contributed by atoms with Crippen LogP contribution in [0.2, 0.25) is 0 Å². The van der Waals surface area contributed by atoms with Gasteiger partial charge in [-0.2, -0.15) is 0 Å². The molecule has 2 rings (SSSR count). The van der Waals surface area contributed by atoms with Crippen LogP contribution in [0, 0.1) is 10.1 Å². The standard InChI is InChI=1S/C13H12BrN3O2S/c1-8(2)13-15-11(14)7-12(16-13)20-10-6-4-3-5-9(10)17(18)19/h3-8H,1-2H3. The Morgan fingerprint density at radius 1 is 1.30 bits per heavy atom. The van der Waals surface area contributed by atoms with Crippen molar-refractivity contribution in [2.45, 2.75) is 29.7 Å². The van der Waals surface area contributed by atoms with Gasteiger partial charge in [-0.3, -0.25) is 10.1 Å². The molecule has 0 aliphatic rings. The zero-order valence-corrected chi connectivity index (χ0v) is 13.3. The van der Waals surface area contributed by atoms with Crippen LogP contribution in [0.15, 0.2) is 44.9 Å². The molecule has 0 spiro atoms. The van der Waals surface area contributed by atoms with Gasteiger partial charge >= 0.3 is 0 Å². The van der Waals surface area contributed by atoms with Gasteiger partial charge in [-0.1, -0.05) is 37.7 Å². The number of halogens is 1. The van der Waals surface area contributed by atoms with Crippen molar-refractivity contribution in [3.8, 4) is 0 Å². The number of hydrogen-bond donors (Lipinski definition) is 0. The number of nitrogens with zero attached hydrogens (tertiary/aromatic N) is 3. The predicted molar refractivity (Wildman–Crippen MR) is 81.0 cm³/mol. The molecule has 0 fully saturated rings. The lowest BCUT2D eigenvalue weighted by Gasteiger charge is -2.07. The Bertz CT molecular complexity index is 649. The minimum Gasteiger partial charge on any atom is -0.258 e. The molecule has 0 aliphatic carbocycles. The Kier molecular flexibility index (Phi) is 4.72. The first kappa shape index (κ1) is 14.9. The minimum atomic E-state index is -0.387. The average Bonchev–Trinajstić information content (AvgIpc) is 2.38. The fourth-order valence-electron chi connectivity index (χ4n) is 1.53. The van der Waals surface area contributed by atoms with Crippen molar-refractivity contribution in [2.75, 3.05) is 0 Å². The normalized spacial score (nSPS) is 10.8.